The summed E-state index contributed by atoms with van der Waals surface area (Å²) in [6, 6.07) is 3.93. The molecule has 1 aliphatic heterocycles. The number of aromatic nitrogens is 1. The van der Waals surface area contributed by atoms with E-state index in [1.165, 1.54) is 11.0 Å². The van der Waals surface area contributed by atoms with Crippen molar-refractivity contribution in [1.82, 2.24) is 9.29 Å². The van der Waals surface area contributed by atoms with Crippen LogP contribution in [0.4, 0.5) is 0 Å². The first-order chi connectivity index (χ1) is 7.72. The van der Waals surface area contributed by atoms with Crippen molar-refractivity contribution >= 4 is 22.6 Å². The molecule has 0 unspecified atom stereocenters. The summed E-state index contributed by atoms with van der Waals surface area (Å²) < 4.78 is 2.17. The van der Waals surface area contributed by atoms with E-state index < -0.39 is 5.60 Å². The second-order valence-corrected chi connectivity index (χ2v) is 5.44. The standard InChI is InChI=1S/C11H16N2OS2/c14-11(3-6-13(16-15)7-4-11)8-10-2-1-5-12-9-10/h1-2,5,9,14-15H,3-4,6-8H2. The zero-order valence-electron chi connectivity index (χ0n) is 9.04. The Hall–Kier alpha value is -0.230. The minimum atomic E-state index is -0.566. The second-order valence-electron chi connectivity index (χ2n) is 4.27. The largest absolute Gasteiger partial charge is 0.389 e. The van der Waals surface area contributed by atoms with Crippen LogP contribution in [0.25, 0.3) is 0 Å². The van der Waals surface area contributed by atoms with Crippen LogP contribution in [0.5, 0.6) is 0 Å². The summed E-state index contributed by atoms with van der Waals surface area (Å²) in [5, 5.41) is 10.4. The van der Waals surface area contributed by atoms with Crippen molar-refractivity contribution in [2.45, 2.75) is 24.9 Å². The molecular weight excluding hydrogens is 240 g/mol. The molecule has 16 heavy (non-hydrogen) atoms. The lowest BCUT2D eigenvalue weighted by atomic mass is 9.86. The number of thiol groups is 1. The van der Waals surface area contributed by atoms with E-state index in [4.69, 9.17) is 0 Å². The summed E-state index contributed by atoms with van der Waals surface area (Å²) in [7, 11) is 1.46. The maximum Gasteiger partial charge on any atom is 0.0713 e. The van der Waals surface area contributed by atoms with Gasteiger partial charge in [-0.3, -0.25) is 4.98 Å². The Bertz CT molecular complexity index is 326. The minimum Gasteiger partial charge on any atom is -0.389 e. The Kier molecular flexibility index (Phi) is 4.13. The van der Waals surface area contributed by atoms with Gasteiger partial charge in [0.2, 0.25) is 0 Å². The van der Waals surface area contributed by atoms with Gasteiger partial charge in [0.05, 0.1) is 5.60 Å². The lowest BCUT2D eigenvalue weighted by molar-refractivity contribution is -0.00267. The maximum atomic E-state index is 10.4. The minimum absolute atomic E-state index is 0.566. The fraction of sp³-hybridized carbons (Fsp3) is 0.545. The van der Waals surface area contributed by atoms with Gasteiger partial charge in [-0.15, -0.1) is 0 Å². The van der Waals surface area contributed by atoms with Gasteiger partial charge in [0.15, 0.2) is 0 Å². The highest BCUT2D eigenvalue weighted by Crippen LogP contribution is 2.29. The molecule has 1 aromatic rings. The summed E-state index contributed by atoms with van der Waals surface area (Å²) in [5.41, 5.74) is 0.542. The van der Waals surface area contributed by atoms with E-state index >= 15 is 0 Å². The maximum absolute atomic E-state index is 10.4. The molecule has 3 nitrogen and oxygen atoms in total. The topological polar surface area (TPSA) is 36.4 Å². The Balaban J connectivity index is 1.95. The van der Waals surface area contributed by atoms with Crippen molar-refractivity contribution in [3.63, 3.8) is 0 Å². The molecule has 0 radical (unpaired) electrons. The van der Waals surface area contributed by atoms with Gasteiger partial charge in [-0.25, -0.2) is 4.31 Å². The highest BCUT2D eigenvalue weighted by Gasteiger charge is 2.32. The molecule has 1 aromatic heterocycles. The van der Waals surface area contributed by atoms with E-state index in [1.807, 2.05) is 18.3 Å². The first kappa shape index (κ1) is 12.2. The lowest BCUT2D eigenvalue weighted by Gasteiger charge is -2.36. The lowest BCUT2D eigenvalue weighted by Crippen LogP contribution is -2.43. The van der Waals surface area contributed by atoms with Gasteiger partial charge in [-0.1, -0.05) is 17.7 Å². The van der Waals surface area contributed by atoms with Crippen LogP contribution >= 0.6 is 22.6 Å². The zero-order valence-corrected chi connectivity index (χ0v) is 10.8. The van der Waals surface area contributed by atoms with Gasteiger partial charge in [0, 0.05) is 31.9 Å². The van der Waals surface area contributed by atoms with Gasteiger partial charge in [-0.2, -0.15) is 0 Å². The van der Waals surface area contributed by atoms with E-state index in [0.29, 0.717) is 6.42 Å². The Labute approximate surface area is 105 Å². The normalized spacial score (nSPS) is 20.9. The van der Waals surface area contributed by atoms with Crippen LogP contribution < -0.4 is 0 Å². The number of rotatable bonds is 3. The van der Waals surface area contributed by atoms with Crippen molar-refractivity contribution < 1.29 is 5.11 Å². The average molecular weight is 256 g/mol. The van der Waals surface area contributed by atoms with Crippen LogP contribution in [0, 0.1) is 0 Å². The number of aliphatic hydroxyl groups is 1. The quantitative estimate of drug-likeness (QED) is 0.492. The first-order valence-electron chi connectivity index (χ1n) is 5.40. The predicted octanol–water partition coefficient (Wildman–Crippen LogP) is 1.94. The SMILES string of the molecule is OC1(Cc2cccnc2)CCN(SS)CC1. The molecule has 1 aliphatic rings. The van der Waals surface area contributed by atoms with Crippen LogP contribution in [0.2, 0.25) is 0 Å². The molecule has 0 aromatic carbocycles. The van der Waals surface area contributed by atoms with Gasteiger partial charge >= 0.3 is 0 Å². The average Bonchev–Trinajstić information content (AvgIpc) is 2.31. The molecule has 1 fully saturated rings. The van der Waals surface area contributed by atoms with Crippen LogP contribution in [-0.2, 0) is 6.42 Å². The molecule has 0 spiro atoms. The fourth-order valence-corrected chi connectivity index (χ4v) is 2.88. The highest BCUT2D eigenvalue weighted by molar-refractivity contribution is 8.67. The van der Waals surface area contributed by atoms with Crippen LogP contribution in [0.1, 0.15) is 18.4 Å². The van der Waals surface area contributed by atoms with Gasteiger partial charge < -0.3 is 5.11 Å². The molecule has 2 heterocycles. The highest BCUT2D eigenvalue weighted by atomic mass is 33.1. The smallest absolute Gasteiger partial charge is 0.0713 e. The van der Waals surface area contributed by atoms with Gasteiger partial charge in [0.25, 0.3) is 0 Å². The Morgan fingerprint density at radius 1 is 1.50 bits per heavy atom. The predicted molar refractivity (Wildman–Crippen MR) is 70.3 cm³/mol. The van der Waals surface area contributed by atoms with E-state index in [1.54, 1.807) is 6.20 Å². The van der Waals surface area contributed by atoms with E-state index in [-0.39, 0.29) is 0 Å². The van der Waals surface area contributed by atoms with Crippen molar-refractivity contribution in [2.24, 2.45) is 0 Å². The molecule has 0 amide bonds. The summed E-state index contributed by atoms with van der Waals surface area (Å²) in [4.78, 5) is 4.07. The van der Waals surface area contributed by atoms with Crippen molar-refractivity contribution in [3.8, 4) is 0 Å². The Morgan fingerprint density at radius 2 is 2.25 bits per heavy atom. The summed E-state index contributed by atoms with van der Waals surface area (Å²) in [5.74, 6) is 0. The number of pyridine rings is 1. The number of piperidine rings is 1. The zero-order chi connectivity index (χ0) is 11.4. The van der Waals surface area contributed by atoms with Crippen LogP contribution in [-0.4, -0.2) is 33.1 Å². The van der Waals surface area contributed by atoms with E-state index in [0.717, 1.165) is 31.5 Å². The van der Waals surface area contributed by atoms with E-state index in [9.17, 15) is 5.11 Å². The molecule has 1 saturated heterocycles. The third kappa shape index (κ3) is 3.13. The molecule has 0 atom stereocenters. The molecular formula is C11H16N2OS2. The third-order valence-corrected chi connectivity index (χ3v) is 4.31. The fourth-order valence-electron chi connectivity index (χ4n) is 2.04. The molecule has 88 valence electrons. The number of nitrogens with zero attached hydrogens (tertiary/aromatic N) is 2. The van der Waals surface area contributed by atoms with Crippen LogP contribution in [0.3, 0.4) is 0 Å². The number of hydrogen-bond acceptors (Lipinski definition) is 5. The number of hydrogen-bond donors (Lipinski definition) is 2. The summed E-state index contributed by atoms with van der Waals surface area (Å²) >= 11 is 4.17. The van der Waals surface area contributed by atoms with E-state index in [2.05, 4.69) is 20.9 Å². The monoisotopic (exact) mass is 256 g/mol. The van der Waals surface area contributed by atoms with Gasteiger partial charge in [0.1, 0.15) is 0 Å². The molecule has 0 saturated carbocycles. The molecule has 0 bridgehead atoms. The van der Waals surface area contributed by atoms with Crippen molar-refractivity contribution in [2.75, 3.05) is 13.1 Å². The first-order valence-corrected chi connectivity index (χ1v) is 7.22. The molecule has 5 heteroatoms. The van der Waals surface area contributed by atoms with Crippen molar-refractivity contribution in [3.05, 3.63) is 30.1 Å². The summed E-state index contributed by atoms with van der Waals surface area (Å²) in [6.45, 7) is 1.79. The third-order valence-electron chi connectivity index (χ3n) is 3.02. The summed E-state index contributed by atoms with van der Waals surface area (Å²) in [6.07, 6.45) is 5.89. The van der Waals surface area contributed by atoms with Crippen molar-refractivity contribution in [1.29, 1.82) is 0 Å². The van der Waals surface area contributed by atoms with Crippen LogP contribution in [0.15, 0.2) is 24.5 Å². The molecule has 1 N–H and O–H groups in total. The second kappa shape index (κ2) is 5.40. The Morgan fingerprint density at radius 3 is 2.81 bits per heavy atom. The van der Waals surface area contributed by atoms with Gasteiger partial charge in [-0.05, 0) is 35.5 Å². The molecule has 0 aliphatic carbocycles. The molecule has 2 rings (SSSR count).